The van der Waals surface area contributed by atoms with Gasteiger partial charge in [0, 0.05) is 19.6 Å². The molecule has 2 aromatic rings. The van der Waals surface area contributed by atoms with Gasteiger partial charge in [-0.05, 0) is 44.7 Å². The number of aliphatic hydroxyl groups excluding tert-OH is 1. The molecular formula is C17H24N2O2. The summed E-state index contributed by atoms with van der Waals surface area (Å²) >= 11 is 0. The first kappa shape index (κ1) is 14.5. The largest absolute Gasteiger partial charge is 0.393 e. The van der Waals surface area contributed by atoms with Crippen LogP contribution in [-0.2, 0) is 17.7 Å². The molecule has 3 rings (SSSR count). The molecule has 0 bridgehead atoms. The lowest BCUT2D eigenvalue weighted by molar-refractivity contribution is -0.0151. The normalized spacial score (nSPS) is 20.8. The van der Waals surface area contributed by atoms with E-state index in [0.29, 0.717) is 12.8 Å². The lowest BCUT2D eigenvalue weighted by Gasteiger charge is -2.24. The number of benzene rings is 1. The molecule has 1 aliphatic rings. The number of ether oxygens (including phenoxy) is 1. The zero-order valence-electron chi connectivity index (χ0n) is 12.7. The standard InChI is InChI=1S/C17H24N2O2/c1-2-19-16-9-4-3-8-15(16)18-17(19)12-13(20)11-14-7-5-6-10-21-14/h3-4,8-9,13-14,20H,2,5-7,10-12H2,1H3. The van der Waals surface area contributed by atoms with E-state index in [2.05, 4.69) is 22.5 Å². The maximum Gasteiger partial charge on any atom is 0.112 e. The summed E-state index contributed by atoms with van der Waals surface area (Å²) in [4.78, 5) is 4.68. The van der Waals surface area contributed by atoms with Gasteiger partial charge in [0.2, 0.25) is 0 Å². The van der Waals surface area contributed by atoms with E-state index in [9.17, 15) is 5.11 Å². The lowest BCUT2D eigenvalue weighted by Crippen LogP contribution is -2.26. The van der Waals surface area contributed by atoms with E-state index in [1.807, 2.05) is 18.2 Å². The van der Waals surface area contributed by atoms with Gasteiger partial charge in [0.25, 0.3) is 0 Å². The summed E-state index contributed by atoms with van der Waals surface area (Å²) in [6.45, 7) is 3.83. The Bertz CT molecular complexity index is 587. The zero-order valence-corrected chi connectivity index (χ0v) is 12.7. The molecule has 2 unspecified atom stereocenters. The Morgan fingerprint density at radius 3 is 3.00 bits per heavy atom. The molecule has 2 atom stereocenters. The Hall–Kier alpha value is -1.39. The van der Waals surface area contributed by atoms with Crippen LogP contribution in [0, 0.1) is 0 Å². The second-order valence-electron chi connectivity index (χ2n) is 5.84. The number of fused-ring (bicyclic) bond motifs is 1. The Morgan fingerprint density at radius 1 is 1.38 bits per heavy atom. The number of rotatable bonds is 5. The Kier molecular flexibility index (Phi) is 4.56. The minimum Gasteiger partial charge on any atom is -0.393 e. The van der Waals surface area contributed by atoms with Crippen molar-refractivity contribution in [3.8, 4) is 0 Å². The lowest BCUT2D eigenvalue weighted by atomic mass is 10.0. The van der Waals surface area contributed by atoms with Crippen LogP contribution in [0.1, 0.15) is 38.4 Å². The van der Waals surface area contributed by atoms with Crippen LogP contribution in [0.3, 0.4) is 0 Å². The van der Waals surface area contributed by atoms with Crippen molar-refractivity contribution >= 4 is 11.0 Å². The summed E-state index contributed by atoms with van der Waals surface area (Å²) in [5.74, 6) is 0.974. The molecule has 1 fully saturated rings. The number of aliphatic hydroxyl groups is 1. The van der Waals surface area contributed by atoms with E-state index in [1.54, 1.807) is 0 Å². The van der Waals surface area contributed by atoms with E-state index in [0.717, 1.165) is 42.9 Å². The quantitative estimate of drug-likeness (QED) is 0.920. The molecule has 0 amide bonds. The third kappa shape index (κ3) is 3.27. The van der Waals surface area contributed by atoms with Gasteiger partial charge in [0.05, 0.1) is 23.2 Å². The van der Waals surface area contributed by atoms with Crippen LogP contribution in [0.4, 0.5) is 0 Å². The second-order valence-corrected chi connectivity index (χ2v) is 5.84. The fourth-order valence-corrected chi connectivity index (χ4v) is 3.22. The maximum atomic E-state index is 10.4. The minimum atomic E-state index is -0.379. The van der Waals surface area contributed by atoms with Crippen LogP contribution >= 0.6 is 0 Å². The van der Waals surface area contributed by atoms with Crippen molar-refractivity contribution < 1.29 is 9.84 Å². The summed E-state index contributed by atoms with van der Waals surface area (Å²) < 4.78 is 7.91. The first-order chi connectivity index (χ1) is 10.3. The third-order valence-electron chi connectivity index (χ3n) is 4.28. The second kappa shape index (κ2) is 6.58. The molecule has 1 aromatic carbocycles. The van der Waals surface area contributed by atoms with Crippen molar-refractivity contribution in [1.82, 2.24) is 9.55 Å². The topological polar surface area (TPSA) is 47.3 Å². The highest BCUT2D eigenvalue weighted by atomic mass is 16.5. The van der Waals surface area contributed by atoms with Gasteiger partial charge in [-0.3, -0.25) is 0 Å². The van der Waals surface area contributed by atoms with Crippen LogP contribution in [-0.4, -0.2) is 33.5 Å². The van der Waals surface area contributed by atoms with Crippen LogP contribution in [0.25, 0.3) is 11.0 Å². The van der Waals surface area contributed by atoms with Crippen LogP contribution < -0.4 is 0 Å². The van der Waals surface area contributed by atoms with Crippen molar-refractivity contribution in [3.05, 3.63) is 30.1 Å². The van der Waals surface area contributed by atoms with Crippen LogP contribution in [0.5, 0.6) is 0 Å². The fourth-order valence-electron chi connectivity index (χ4n) is 3.22. The molecule has 1 aliphatic heterocycles. The highest BCUT2D eigenvalue weighted by molar-refractivity contribution is 5.75. The van der Waals surface area contributed by atoms with E-state index < -0.39 is 0 Å². The molecule has 0 aliphatic carbocycles. The summed E-state index contributed by atoms with van der Waals surface area (Å²) in [6.07, 6.45) is 4.59. The number of para-hydroxylation sites is 2. The first-order valence-corrected chi connectivity index (χ1v) is 8.01. The molecule has 0 radical (unpaired) electrons. The summed E-state index contributed by atoms with van der Waals surface area (Å²) in [5, 5.41) is 10.4. The highest BCUT2D eigenvalue weighted by Crippen LogP contribution is 2.21. The molecule has 0 saturated carbocycles. The molecule has 4 heteroatoms. The summed E-state index contributed by atoms with van der Waals surface area (Å²) in [5.41, 5.74) is 2.16. The monoisotopic (exact) mass is 288 g/mol. The maximum absolute atomic E-state index is 10.4. The SMILES string of the molecule is CCn1c(CC(O)CC2CCCCO2)nc2ccccc21. The van der Waals surface area contributed by atoms with Crippen molar-refractivity contribution in [3.63, 3.8) is 0 Å². The number of hydrogen-bond donors (Lipinski definition) is 1. The smallest absolute Gasteiger partial charge is 0.112 e. The van der Waals surface area contributed by atoms with Crippen molar-refractivity contribution in [1.29, 1.82) is 0 Å². The van der Waals surface area contributed by atoms with E-state index in [4.69, 9.17) is 4.74 Å². The number of nitrogens with zero attached hydrogens (tertiary/aromatic N) is 2. The predicted octanol–water partition coefficient (Wildman–Crippen LogP) is 2.92. The van der Waals surface area contributed by atoms with Crippen molar-refractivity contribution in [2.75, 3.05) is 6.61 Å². The van der Waals surface area contributed by atoms with Gasteiger partial charge in [-0.1, -0.05) is 12.1 Å². The molecule has 1 saturated heterocycles. The molecule has 4 nitrogen and oxygen atoms in total. The van der Waals surface area contributed by atoms with Gasteiger partial charge in [0.15, 0.2) is 0 Å². The fraction of sp³-hybridized carbons (Fsp3) is 0.588. The number of imidazole rings is 1. The minimum absolute atomic E-state index is 0.216. The molecular weight excluding hydrogens is 264 g/mol. The summed E-state index contributed by atoms with van der Waals surface area (Å²) in [6, 6.07) is 8.16. The highest BCUT2D eigenvalue weighted by Gasteiger charge is 2.20. The average molecular weight is 288 g/mol. The van der Waals surface area contributed by atoms with Crippen molar-refractivity contribution in [2.24, 2.45) is 0 Å². The van der Waals surface area contributed by atoms with E-state index in [1.165, 1.54) is 6.42 Å². The number of hydrogen-bond acceptors (Lipinski definition) is 3. The van der Waals surface area contributed by atoms with E-state index in [-0.39, 0.29) is 12.2 Å². The van der Waals surface area contributed by atoms with Gasteiger partial charge in [-0.15, -0.1) is 0 Å². The van der Waals surface area contributed by atoms with Gasteiger partial charge in [-0.25, -0.2) is 4.98 Å². The molecule has 2 heterocycles. The molecule has 1 N–H and O–H groups in total. The Morgan fingerprint density at radius 2 is 2.24 bits per heavy atom. The molecule has 1 aromatic heterocycles. The molecule has 21 heavy (non-hydrogen) atoms. The first-order valence-electron chi connectivity index (χ1n) is 8.01. The van der Waals surface area contributed by atoms with Crippen LogP contribution in [0.15, 0.2) is 24.3 Å². The van der Waals surface area contributed by atoms with Crippen LogP contribution in [0.2, 0.25) is 0 Å². The van der Waals surface area contributed by atoms with E-state index >= 15 is 0 Å². The van der Waals surface area contributed by atoms with Gasteiger partial charge < -0.3 is 14.4 Å². The van der Waals surface area contributed by atoms with Crippen molar-refractivity contribution in [2.45, 2.75) is 57.8 Å². The van der Waals surface area contributed by atoms with Gasteiger partial charge >= 0.3 is 0 Å². The Balaban J connectivity index is 1.71. The Labute approximate surface area is 125 Å². The average Bonchev–Trinajstić information content (AvgIpc) is 2.85. The zero-order chi connectivity index (χ0) is 14.7. The van der Waals surface area contributed by atoms with Gasteiger partial charge in [0.1, 0.15) is 5.82 Å². The third-order valence-corrected chi connectivity index (χ3v) is 4.28. The number of aryl methyl sites for hydroxylation is 1. The predicted molar refractivity (Wildman–Crippen MR) is 83.3 cm³/mol. The number of aromatic nitrogens is 2. The molecule has 0 spiro atoms. The molecule has 114 valence electrons. The summed E-state index contributed by atoms with van der Waals surface area (Å²) in [7, 11) is 0. The van der Waals surface area contributed by atoms with Gasteiger partial charge in [-0.2, -0.15) is 0 Å².